The number of rotatable bonds is 5. The lowest BCUT2D eigenvalue weighted by Gasteiger charge is -2.19. The smallest absolute Gasteiger partial charge is 0.354 e. The van der Waals surface area contributed by atoms with Crippen molar-refractivity contribution >= 4 is 23.3 Å². The second kappa shape index (κ2) is 6.06. The van der Waals surface area contributed by atoms with Gasteiger partial charge in [0.15, 0.2) is 0 Å². The zero-order chi connectivity index (χ0) is 12.1. The molecule has 0 saturated heterocycles. The molecule has 0 aliphatic carbocycles. The number of carbonyl (C=O) groups is 1. The molecule has 0 aromatic heterocycles. The average molecular weight is 248 g/mol. The van der Waals surface area contributed by atoms with Crippen LogP contribution < -0.4 is 5.32 Å². The molecule has 92 valence electrons. The summed E-state index contributed by atoms with van der Waals surface area (Å²) in [6.07, 6.45) is 0.603. The number of hydrazone groups is 1. The summed E-state index contributed by atoms with van der Waals surface area (Å²) >= 11 is 5.79. The van der Waals surface area contributed by atoms with Crippen molar-refractivity contribution in [2.24, 2.45) is 5.10 Å². The van der Waals surface area contributed by atoms with Crippen molar-refractivity contribution in [3.05, 3.63) is 0 Å². The van der Waals surface area contributed by atoms with Gasteiger partial charge in [0.05, 0.1) is 18.1 Å². The van der Waals surface area contributed by atoms with Crippen molar-refractivity contribution in [2.45, 2.75) is 31.8 Å². The molecule has 0 spiro atoms. The zero-order valence-corrected chi connectivity index (χ0v) is 10.6. The minimum Gasteiger partial charge on any atom is -0.461 e. The van der Waals surface area contributed by atoms with E-state index in [1.165, 1.54) is 0 Å². The highest BCUT2D eigenvalue weighted by atomic mass is 35.5. The summed E-state index contributed by atoms with van der Waals surface area (Å²) in [7, 11) is 1.84. The Bertz CT molecular complexity index is 281. The molecule has 16 heavy (non-hydrogen) atoms. The molecule has 0 aromatic rings. The van der Waals surface area contributed by atoms with Crippen LogP contribution in [0, 0.1) is 0 Å². The first kappa shape index (κ1) is 13.3. The Labute approximate surface area is 101 Å². The number of hydrogen-bond donors (Lipinski definition) is 1. The number of nitrogens with one attached hydrogen (secondary N) is 1. The van der Waals surface area contributed by atoms with Gasteiger partial charge < -0.3 is 4.74 Å². The fourth-order valence-corrected chi connectivity index (χ4v) is 1.60. The monoisotopic (exact) mass is 247 g/mol. The number of nitrogens with zero attached hydrogens (tertiary/aromatic N) is 2. The van der Waals surface area contributed by atoms with Crippen molar-refractivity contribution in [1.82, 2.24) is 10.3 Å². The fraction of sp³-hybridized carbons (Fsp3) is 0.800. The minimum absolute atomic E-state index is 0.0833. The van der Waals surface area contributed by atoms with Gasteiger partial charge in [-0.1, -0.05) is 0 Å². The summed E-state index contributed by atoms with van der Waals surface area (Å²) in [4.78, 5) is 11.4. The maximum Gasteiger partial charge on any atom is 0.354 e. The topological polar surface area (TPSA) is 53.9 Å². The van der Waals surface area contributed by atoms with Crippen LogP contribution in [0.4, 0.5) is 0 Å². The van der Waals surface area contributed by atoms with Crippen LogP contribution in [0.3, 0.4) is 0 Å². The van der Waals surface area contributed by atoms with E-state index in [4.69, 9.17) is 16.3 Å². The maximum atomic E-state index is 11.4. The minimum atomic E-state index is -0.323. The van der Waals surface area contributed by atoms with E-state index in [1.54, 1.807) is 11.9 Å². The van der Waals surface area contributed by atoms with E-state index < -0.39 is 0 Å². The average Bonchev–Trinajstić information content (AvgIpc) is 2.57. The Kier molecular flexibility index (Phi) is 5.02. The van der Waals surface area contributed by atoms with Gasteiger partial charge in [-0.3, -0.25) is 10.3 Å². The molecule has 1 N–H and O–H groups in total. The maximum absolute atomic E-state index is 11.4. The number of halogens is 1. The molecule has 0 bridgehead atoms. The van der Waals surface area contributed by atoms with Crippen LogP contribution in [0.25, 0.3) is 0 Å². The summed E-state index contributed by atoms with van der Waals surface area (Å²) in [5.74, 6) is -0.323. The number of alkyl halides is 1. The Morgan fingerprint density at radius 1 is 1.81 bits per heavy atom. The van der Waals surface area contributed by atoms with Crippen molar-refractivity contribution in [3.63, 3.8) is 0 Å². The van der Waals surface area contributed by atoms with E-state index in [2.05, 4.69) is 10.4 Å². The largest absolute Gasteiger partial charge is 0.461 e. The normalized spacial score (nSPS) is 21.9. The van der Waals surface area contributed by atoms with E-state index in [1.807, 2.05) is 14.0 Å². The molecule has 1 aliphatic rings. The van der Waals surface area contributed by atoms with Gasteiger partial charge in [-0.2, -0.15) is 5.10 Å². The summed E-state index contributed by atoms with van der Waals surface area (Å²) in [5, 5.41) is 9.04. The molecule has 6 heteroatoms. The first-order chi connectivity index (χ1) is 7.54. The molecular weight excluding hydrogens is 230 g/mol. The van der Waals surface area contributed by atoms with Gasteiger partial charge in [-0.15, -0.1) is 11.6 Å². The van der Waals surface area contributed by atoms with Crippen LogP contribution >= 0.6 is 11.6 Å². The van der Waals surface area contributed by atoms with Gasteiger partial charge in [-0.05, 0) is 13.8 Å². The molecular formula is C10H18ClN3O2. The van der Waals surface area contributed by atoms with Crippen LogP contribution in [0.15, 0.2) is 5.10 Å². The van der Waals surface area contributed by atoms with Crippen LogP contribution in [-0.4, -0.2) is 48.4 Å². The molecule has 0 amide bonds. The van der Waals surface area contributed by atoms with E-state index in [-0.39, 0.29) is 17.5 Å². The molecule has 0 radical (unpaired) electrons. The SMILES string of the molecule is CCOC(=O)C1=NN(C)C(CNC(C)Cl)C1. The lowest BCUT2D eigenvalue weighted by Crippen LogP contribution is -2.37. The third-order valence-electron chi connectivity index (χ3n) is 2.38. The number of carbonyl (C=O) groups excluding carboxylic acids is 1. The van der Waals surface area contributed by atoms with Crippen molar-refractivity contribution in [2.75, 3.05) is 20.2 Å². The second-order valence-corrected chi connectivity index (χ2v) is 4.38. The van der Waals surface area contributed by atoms with Gasteiger partial charge in [0.25, 0.3) is 0 Å². The molecule has 1 aliphatic heterocycles. The van der Waals surface area contributed by atoms with Crippen molar-refractivity contribution in [3.8, 4) is 0 Å². The predicted molar refractivity (Wildman–Crippen MR) is 63.6 cm³/mol. The second-order valence-electron chi connectivity index (χ2n) is 3.72. The highest BCUT2D eigenvalue weighted by Gasteiger charge is 2.28. The first-order valence-electron chi connectivity index (χ1n) is 5.39. The molecule has 0 aromatic carbocycles. The number of hydrogen-bond acceptors (Lipinski definition) is 5. The third kappa shape index (κ3) is 3.64. The van der Waals surface area contributed by atoms with Gasteiger partial charge in [0, 0.05) is 20.0 Å². The van der Waals surface area contributed by atoms with Crippen LogP contribution in [-0.2, 0) is 9.53 Å². The fourth-order valence-electron chi connectivity index (χ4n) is 1.51. The highest BCUT2D eigenvalue weighted by Crippen LogP contribution is 2.13. The van der Waals surface area contributed by atoms with Crippen LogP contribution in [0.5, 0.6) is 0 Å². The lowest BCUT2D eigenvalue weighted by molar-refractivity contribution is -0.135. The molecule has 2 unspecified atom stereocenters. The number of esters is 1. The Balaban J connectivity index is 2.43. The van der Waals surface area contributed by atoms with Gasteiger partial charge >= 0.3 is 5.97 Å². The van der Waals surface area contributed by atoms with Crippen LogP contribution in [0.1, 0.15) is 20.3 Å². The van der Waals surface area contributed by atoms with E-state index in [0.717, 1.165) is 0 Å². The summed E-state index contributed by atoms with van der Waals surface area (Å²) < 4.78 is 4.91. The van der Waals surface area contributed by atoms with Crippen molar-refractivity contribution < 1.29 is 9.53 Å². The van der Waals surface area contributed by atoms with Gasteiger partial charge in [0.1, 0.15) is 5.71 Å². The van der Waals surface area contributed by atoms with E-state index in [0.29, 0.717) is 25.3 Å². The number of likely N-dealkylation sites (N-methyl/N-ethyl adjacent to an activating group) is 1. The van der Waals surface area contributed by atoms with E-state index >= 15 is 0 Å². The molecule has 2 atom stereocenters. The van der Waals surface area contributed by atoms with Gasteiger partial charge in [-0.25, -0.2) is 4.79 Å². The van der Waals surface area contributed by atoms with Gasteiger partial charge in [0.2, 0.25) is 0 Å². The molecule has 1 heterocycles. The summed E-state index contributed by atoms with van der Waals surface area (Å²) in [6.45, 7) is 4.73. The molecule has 0 fully saturated rings. The van der Waals surface area contributed by atoms with Crippen LogP contribution in [0.2, 0.25) is 0 Å². The van der Waals surface area contributed by atoms with E-state index in [9.17, 15) is 4.79 Å². The molecule has 1 rings (SSSR count). The Morgan fingerprint density at radius 2 is 2.50 bits per heavy atom. The lowest BCUT2D eigenvalue weighted by atomic mass is 10.1. The highest BCUT2D eigenvalue weighted by molar-refractivity contribution is 6.36. The Hall–Kier alpha value is -0.810. The third-order valence-corrected chi connectivity index (χ3v) is 2.54. The molecule has 0 saturated carbocycles. The molecule has 5 nitrogen and oxygen atoms in total. The standard InChI is InChI=1S/C10H18ClN3O2/c1-4-16-10(15)9-5-8(14(3)13-9)6-12-7(2)11/h7-8,12H,4-6H2,1-3H3. The quantitative estimate of drug-likeness (QED) is 0.443. The first-order valence-corrected chi connectivity index (χ1v) is 5.83. The predicted octanol–water partition coefficient (Wildman–Crippen LogP) is 0.784. The number of ether oxygens (including phenoxy) is 1. The summed E-state index contributed by atoms with van der Waals surface area (Å²) in [5.41, 5.74) is 0.401. The summed E-state index contributed by atoms with van der Waals surface area (Å²) in [6, 6.07) is 0.167. The Morgan fingerprint density at radius 3 is 3.06 bits per heavy atom. The zero-order valence-electron chi connectivity index (χ0n) is 9.86. The van der Waals surface area contributed by atoms with Crippen molar-refractivity contribution in [1.29, 1.82) is 0 Å².